The minimum atomic E-state index is -0.332. The monoisotopic (exact) mass is 413 g/mol. The van der Waals surface area contributed by atoms with Gasteiger partial charge in [0.15, 0.2) is 23.1 Å². The molecule has 3 aromatic rings. The van der Waals surface area contributed by atoms with E-state index in [4.69, 9.17) is 14.2 Å². The van der Waals surface area contributed by atoms with E-state index in [9.17, 15) is 4.39 Å². The Morgan fingerprint density at radius 3 is 2.41 bits per heavy atom. The van der Waals surface area contributed by atoms with E-state index in [0.29, 0.717) is 6.54 Å². The van der Waals surface area contributed by atoms with Crippen molar-refractivity contribution in [2.45, 2.75) is 19.0 Å². The third-order valence-corrected chi connectivity index (χ3v) is 6.31. The number of methoxy groups -OCH3 is 3. The molecule has 1 aliphatic rings. The summed E-state index contributed by atoms with van der Waals surface area (Å²) in [5, 5.41) is 2.09. The van der Waals surface area contributed by atoms with Crippen LogP contribution in [0, 0.1) is 5.82 Å². The predicted molar refractivity (Wildman–Crippen MR) is 113 cm³/mol. The Balaban J connectivity index is 1.73. The van der Waals surface area contributed by atoms with E-state index in [-0.39, 0.29) is 17.6 Å². The van der Waals surface area contributed by atoms with Crippen LogP contribution in [0.2, 0.25) is 0 Å². The number of nitrogens with zero attached hydrogens (tertiary/aromatic N) is 1. The average molecular weight is 414 g/mol. The van der Waals surface area contributed by atoms with Crippen LogP contribution in [0.5, 0.6) is 17.2 Å². The Kier molecular flexibility index (Phi) is 5.74. The molecule has 4 rings (SSSR count). The lowest BCUT2D eigenvalue weighted by atomic mass is 9.90. The standard InChI is InChI=1S/C23H24FNO3S/c1-26-19-7-6-15(11-18(19)24)14-25-9-8-16-12-20(27-2)21(28-3)13-17(16)23(25)22-5-4-10-29-22/h4-7,10-13,23H,8-9,14H2,1-3H3. The van der Waals surface area contributed by atoms with Gasteiger partial charge in [-0.3, -0.25) is 4.90 Å². The summed E-state index contributed by atoms with van der Waals surface area (Å²) in [6, 6.07) is 13.7. The number of hydrogen-bond donors (Lipinski definition) is 0. The van der Waals surface area contributed by atoms with Gasteiger partial charge in [0.25, 0.3) is 0 Å². The molecule has 0 fully saturated rings. The molecule has 0 radical (unpaired) electrons. The van der Waals surface area contributed by atoms with Gasteiger partial charge in [-0.1, -0.05) is 12.1 Å². The van der Waals surface area contributed by atoms with Gasteiger partial charge in [-0.05, 0) is 58.8 Å². The van der Waals surface area contributed by atoms with E-state index in [1.807, 2.05) is 6.07 Å². The Morgan fingerprint density at radius 1 is 1.00 bits per heavy atom. The Labute approximate surface area is 174 Å². The molecule has 0 bridgehead atoms. The van der Waals surface area contributed by atoms with Gasteiger partial charge in [0.05, 0.1) is 27.4 Å². The molecule has 0 spiro atoms. The third-order valence-electron chi connectivity index (χ3n) is 5.39. The van der Waals surface area contributed by atoms with Gasteiger partial charge in [0.2, 0.25) is 0 Å². The molecule has 152 valence electrons. The molecule has 29 heavy (non-hydrogen) atoms. The van der Waals surface area contributed by atoms with E-state index in [2.05, 4.69) is 34.5 Å². The molecular weight excluding hydrogens is 389 g/mol. The second-order valence-electron chi connectivity index (χ2n) is 7.01. The topological polar surface area (TPSA) is 30.9 Å². The van der Waals surface area contributed by atoms with Crippen LogP contribution in [0.15, 0.2) is 47.8 Å². The molecule has 2 aromatic carbocycles. The van der Waals surface area contributed by atoms with Crippen molar-refractivity contribution in [3.8, 4) is 17.2 Å². The molecule has 0 saturated carbocycles. The number of hydrogen-bond acceptors (Lipinski definition) is 5. The minimum absolute atomic E-state index is 0.0868. The van der Waals surface area contributed by atoms with Gasteiger partial charge in [-0.25, -0.2) is 4.39 Å². The number of ether oxygens (including phenoxy) is 3. The van der Waals surface area contributed by atoms with Crippen LogP contribution < -0.4 is 14.2 Å². The zero-order valence-corrected chi connectivity index (χ0v) is 17.6. The van der Waals surface area contributed by atoms with Crippen molar-refractivity contribution in [2.24, 2.45) is 0 Å². The largest absolute Gasteiger partial charge is 0.494 e. The SMILES string of the molecule is COc1ccc(CN2CCc3cc(OC)c(OC)cc3C2c2cccs2)cc1F. The zero-order valence-electron chi connectivity index (χ0n) is 16.8. The predicted octanol–water partition coefficient (Wildman–Crippen LogP) is 5.06. The fourth-order valence-corrected chi connectivity index (χ4v) is 4.87. The molecule has 1 aliphatic heterocycles. The molecule has 6 heteroatoms. The fourth-order valence-electron chi connectivity index (χ4n) is 3.99. The van der Waals surface area contributed by atoms with Gasteiger partial charge >= 0.3 is 0 Å². The second-order valence-corrected chi connectivity index (χ2v) is 7.99. The first-order valence-electron chi connectivity index (χ1n) is 9.49. The van der Waals surface area contributed by atoms with E-state index in [1.54, 1.807) is 37.7 Å². The molecule has 1 aromatic heterocycles. The highest BCUT2D eigenvalue weighted by Crippen LogP contribution is 2.42. The van der Waals surface area contributed by atoms with Crippen LogP contribution in [0.25, 0.3) is 0 Å². The summed E-state index contributed by atoms with van der Waals surface area (Å²) >= 11 is 1.73. The summed E-state index contributed by atoms with van der Waals surface area (Å²) in [6.45, 7) is 1.52. The lowest BCUT2D eigenvalue weighted by Crippen LogP contribution is -2.35. The first kappa shape index (κ1) is 19.7. The van der Waals surface area contributed by atoms with Gasteiger partial charge in [-0.2, -0.15) is 0 Å². The van der Waals surface area contributed by atoms with Gasteiger partial charge in [0, 0.05) is 18.0 Å². The van der Waals surface area contributed by atoms with Crippen LogP contribution in [-0.2, 0) is 13.0 Å². The highest BCUT2D eigenvalue weighted by atomic mass is 32.1. The van der Waals surface area contributed by atoms with Gasteiger partial charge in [0.1, 0.15) is 0 Å². The van der Waals surface area contributed by atoms with Crippen LogP contribution in [0.3, 0.4) is 0 Å². The van der Waals surface area contributed by atoms with Crippen LogP contribution in [0.4, 0.5) is 4.39 Å². The van der Waals surface area contributed by atoms with Crippen molar-refractivity contribution in [1.29, 1.82) is 0 Å². The molecule has 0 N–H and O–H groups in total. The minimum Gasteiger partial charge on any atom is -0.494 e. The lowest BCUT2D eigenvalue weighted by Gasteiger charge is -2.37. The first-order chi connectivity index (χ1) is 14.1. The summed E-state index contributed by atoms with van der Waals surface area (Å²) in [5.74, 6) is 1.41. The van der Waals surface area contributed by atoms with E-state index in [0.717, 1.165) is 30.0 Å². The molecule has 2 heterocycles. The molecule has 1 unspecified atom stereocenters. The summed E-state index contributed by atoms with van der Waals surface area (Å²) in [5.41, 5.74) is 3.40. The average Bonchev–Trinajstić information content (AvgIpc) is 3.27. The van der Waals surface area contributed by atoms with Crippen LogP contribution in [0.1, 0.15) is 27.6 Å². The number of benzene rings is 2. The smallest absolute Gasteiger partial charge is 0.165 e. The zero-order chi connectivity index (χ0) is 20.4. The van der Waals surface area contributed by atoms with E-state index < -0.39 is 0 Å². The number of thiophene rings is 1. The Morgan fingerprint density at radius 2 is 1.76 bits per heavy atom. The van der Waals surface area contributed by atoms with Crippen molar-refractivity contribution in [1.82, 2.24) is 4.90 Å². The lowest BCUT2D eigenvalue weighted by molar-refractivity contribution is 0.205. The Hall–Kier alpha value is -2.57. The maximum absolute atomic E-state index is 14.2. The van der Waals surface area contributed by atoms with Gasteiger partial charge in [-0.15, -0.1) is 11.3 Å². The summed E-state index contributed by atoms with van der Waals surface area (Å²) in [7, 11) is 4.80. The second kappa shape index (κ2) is 8.43. The molecule has 4 nitrogen and oxygen atoms in total. The molecule has 0 aliphatic carbocycles. The summed E-state index contributed by atoms with van der Waals surface area (Å²) in [6.07, 6.45) is 0.899. The van der Waals surface area contributed by atoms with Crippen LogP contribution in [-0.4, -0.2) is 32.8 Å². The maximum Gasteiger partial charge on any atom is 0.165 e. The Bertz CT molecular complexity index is 990. The molecule has 1 atom stereocenters. The van der Waals surface area contributed by atoms with Crippen molar-refractivity contribution in [2.75, 3.05) is 27.9 Å². The van der Waals surface area contributed by atoms with Crippen molar-refractivity contribution in [3.63, 3.8) is 0 Å². The molecule has 0 saturated heterocycles. The van der Waals surface area contributed by atoms with Crippen molar-refractivity contribution < 1.29 is 18.6 Å². The van der Waals surface area contributed by atoms with Crippen molar-refractivity contribution >= 4 is 11.3 Å². The number of halogens is 1. The summed E-state index contributed by atoms with van der Waals surface area (Å²) < 4.78 is 30.3. The number of fused-ring (bicyclic) bond motifs is 1. The summed E-state index contributed by atoms with van der Waals surface area (Å²) in [4.78, 5) is 3.65. The molecule has 0 amide bonds. The highest BCUT2D eigenvalue weighted by molar-refractivity contribution is 7.10. The first-order valence-corrected chi connectivity index (χ1v) is 10.4. The van der Waals surface area contributed by atoms with Crippen LogP contribution >= 0.6 is 11.3 Å². The highest BCUT2D eigenvalue weighted by Gasteiger charge is 2.31. The maximum atomic E-state index is 14.2. The quantitative estimate of drug-likeness (QED) is 0.565. The fraction of sp³-hybridized carbons (Fsp3) is 0.304. The molecular formula is C23H24FNO3S. The number of rotatable bonds is 6. The van der Waals surface area contributed by atoms with Gasteiger partial charge < -0.3 is 14.2 Å². The van der Waals surface area contributed by atoms with E-state index in [1.165, 1.54) is 23.1 Å². The third kappa shape index (κ3) is 3.82. The van der Waals surface area contributed by atoms with Crippen molar-refractivity contribution in [3.05, 3.63) is 75.2 Å². The van der Waals surface area contributed by atoms with E-state index >= 15 is 0 Å². The normalized spacial score (nSPS) is 16.3.